The summed E-state index contributed by atoms with van der Waals surface area (Å²) in [5.74, 6) is 0.481. The van der Waals surface area contributed by atoms with Crippen LogP contribution in [0.25, 0.3) is 5.57 Å². The van der Waals surface area contributed by atoms with E-state index in [0.29, 0.717) is 16.4 Å². The number of rotatable bonds is 3. The van der Waals surface area contributed by atoms with Crippen LogP contribution in [-0.4, -0.2) is 53.1 Å². The van der Waals surface area contributed by atoms with Gasteiger partial charge in [0.2, 0.25) is 10.4 Å². The molecular formula is C9H8N3NaO6S. The molecule has 1 unspecified atom stereocenters. The van der Waals surface area contributed by atoms with Crippen molar-refractivity contribution in [1.29, 1.82) is 0 Å². The molecule has 0 spiro atoms. The van der Waals surface area contributed by atoms with Crippen LogP contribution < -0.4 is 29.6 Å². The normalized spacial score (nSPS) is 21.8. The Labute approximate surface area is 136 Å². The molecule has 0 radical (unpaired) electrons. The average Bonchev–Trinajstić information content (AvgIpc) is 2.92. The molecule has 3 rings (SSSR count). The van der Waals surface area contributed by atoms with Crippen LogP contribution in [0.1, 0.15) is 5.76 Å². The van der Waals surface area contributed by atoms with Crippen LogP contribution in [0.4, 0.5) is 4.79 Å². The zero-order valence-electron chi connectivity index (χ0n) is 10.4. The summed E-state index contributed by atoms with van der Waals surface area (Å²) < 4.78 is 41.0. The second-order valence-electron chi connectivity index (χ2n) is 4.10. The molecule has 102 valence electrons. The summed E-state index contributed by atoms with van der Waals surface area (Å²) in [4.78, 5) is 16.9. The number of urea groups is 1. The van der Waals surface area contributed by atoms with E-state index < -0.39 is 22.5 Å². The summed E-state index contributed by atoms with van der Waals surface area (Å²) in [7, 11) is -4.99. The first-order chi connectivity index (χ1) is 8.94. The van der Waals surface area contributed by atoms with E-state index in [4.69, 9.17) is 4.42 Å². The maximum atomic E-state index is 11.8. The van der Waals surface area contributed by atoms with Crippen LogP contribution in [0.5, 0.6) is 0 Å². The third kappa shape index (κ3) is 2.90. The minimum Gasteiger partial charge on any atom is -0.724 e. The standard InChI is InChI=1S/C9H9N3O6S.Na/c13-9-11-3-6(8-2-10-5-17-8)1-7(4-11)12(9)18-19(14,15)16;/h1-2,5,7H,3-4H2,(H,14,15,16);/q;+1/p-1. The molecule has 0 saturated carbocycles. The van der Waals surface area contributed by atoms with Crippen molar-refractivity contribution in [3.05, 3.63) is 24.4 Å². The molecule has 0 aromatic carbocycles. The van der Waals surface area contributed by atoms with Gasteiger partial charge in [0, 0.05) is 12.1 Å². The van der Waals surface area contributed by atoms with Gasteiger partial charge in [0.1, 0.15) is 0 Å². The smallest absolute Gasteiger partial charge is 0.724 e. The van der Waals surface area contributed by atoms with Crippen LogP contribution in [0.3, 0.4) is 0 Å². The number of hydrogen-bond donors (Lipinski definition) is 0. The Morgan fingerprint density at radius 2 is 2.25 bits per heavy atom. The Bertz CT molecular complexity index is 643. The van der Waals surface area contributed by atoms with Crippen molar-refractivity contribution < 1.29 is 56.0 Å². The van der Waals surface area contributed by atoms with Gasteiger partial charge in [-0.1, -0.05) is 0 Å². The third-order valence-electron chi connectivity index (χ3n) is 2.84. The van der Waals surface area contributed by atoms with Gasteiger partial charge < -0.3 is 13.9 Å². The summed E-state index contributed by atoms with van der Waals surface area (Å²) >= 11 is 0. The molecule has 2 aliphatic heterocycles. The molecule has 1 fully saturated rings. The van der Waals surface area contributed by atoms with Gasteiger partial charge in [0.25, 0.3) is 0 Å². The van der Waals surface area contributed by atoms with Crippen LogP contribution >= 0.6 is 0 Å². The molecule has 0 N–H and O–H groups in total. The Hall–Kier alpha value is -0.910. The molecule has 9 nitrogen and oxygen atoms in total. The molecule has 1 aromatic rings. The van der Waals surface area contributed by atoms with Gasteiger partial charge in [-0.2, -0.15) is 9.35 Å². The van der Waals surface area contributed by atoms with Gasteiger partial charge in [-0.05, 0) is 6.08 Å². The fourth-order valence-corrected chi connectivity index (χ4v) is 2.49. The molecule has 1 atom stereocenters. The van der Waals surface area contributed by atoms with Gasteiger partial charge in [-0.25, -0.2) is 18.2 Å². The fraction of sp³-hybridized carbons (Fsp3) is 0.333. The van der Waals surface area contributed by atoms with Crippen molar-refractivity contribution in [2.45, 2.75) is 6.04 Å². The maximum Gasteiger partial charge on any atom is 1.00 e. The number of aromatic nitrogens is 1. The molecule has 1 aromatic heterocycles. The summed E-state index contributed by atoms with van der Waals surface area (Å²) in [6.07, 6.45) is 4.35. The molecule has 2 amide bonds. The predicted molar refractivity (Wildman–Crippen MR) is 57.9 cm³/mol. The number of hydrogen-bond acceptors (Lipinski definition) is 7. The summed E-state index contributed by atoms with van der Waals surface area (Å²) in [6.45, 7) is 0.495. The summed E-state index contributed by atoms with van der Waals surface area (Å²) in [5, 5.41) is 0.561. The quantitative estimate of drug-likeness (QED) is 0.324. The van der Waals surface area contributed by atoms with Crippen LogP contribution in [0, 0.1) is 0 Å². The third-order valence-corrected chi connectivity index (χ3v) is 3.19. The minimum atomic E-state index is -4.99. The number of fused-ring (bicyclic) bond motifs is 2. The molecule has 2 bridgehead atoms. The Morgan fingerprint density at radius 3 is 2.85 bits per heavy atom. The topological polar surface area (TPSA) is 116 Å². The van der Waals surface area contributed by atoms with Crippen molar-refractivity contribution in [3.63, 3.8) is 0 Å². The molecule has 11 heteroatoms. The monoisotopic (exact) mass is 309 g/mol. The molecular weight excluding hydrogens is 301 g/mol. The molecule has 1 saturated heterocycles. The molecule has 2 aliphatic rings. The largest absolute Gasteiger partial charge is 1.00 e. The molecule has 20 heavy (non-hydrogen) atoms. The van der Waals surface area contributed by atoms with E-state index in [1.165, 1.54) is 17.5 Å². The van der Waals surface area contributed by atoms with E-state index in [2.05, 4.69) is 9.27 Å². The van der Waals surface area contributed by atoms with Crippen molar-refractivity contribution in [2.24, 2.45) is 0 Å². The maximum absolute atomic E-state index is 11.8. The van der Waals surface area contributed by atoms with Gasteiger partial charge in [0.15, 0.2) is 12.2 Å². The number of hydroxylamine groups is 2. The number of amides is 2. The number of oxazole rings is 1. The van der Waals surface area contributed by atoms with E-state index in [1.54, 1.807) is 6.08 Å². The van der Waals surface area contributed by atoms with E-state index >= 15 is 0 Å². The second kappa shape index (κ2) is 5.47. The van der Waals surface area contributed by atoms with Gasteiger partial charge in [-0.3, -0.25) is 0 Å². The Balaban J connectivity index is 0.00000147. The van der Waals surface area contributed by atoms with Gasteiger partial charge in [-0.15, -0.1) is 0 Å². The van der Waals surface area contributed by atoms with Crippen LogP contribution in [0.15, 0.2) is 23.1 Å². The van der Waals surface area contributed by atoms with E-state index in [1.807, 2.05) is 0 Å². The minimum absolute atomic E-state index is 0. The number of carbonyl (C=O) groups excluding carboxylic acids is 1. The predicted octanol–water partition coefficient (Wildman–Crippen LogP) is -3.43. The number of nitrogens with zero attached hydrogens (tertiary/aromatic N) is 3. The summed E-state index contributed by atoms with van der Waals surface area (Å²) in [6, 6.07) is -1.32. The van der Waals surface area contributed by atoms with E-state index in [0.717, 1.165) is 0 Å². The first-order valence-electron chi connectivity index (χ1n) is 5.27. The fourth-order valence-electron chi connectivity index (χ4n) is 2.12. The SMILES string of the molecule is O=C1N2CC(c3cnco3)=CC(C2)N1OS(=O)(=O)[O-].[Na+]. The Morgan fingerprint density at radius 1 is 1.50 bits per heavy atom. The zero-order chi connectivity index (χ0) is 13.6. The van der Waals surface area contributed by atoms with Crippen molar-refractivity contribution >= 4 is 22.0 Å². The first kappa shape index (κ1) is 15.5. The van der Waals surface area contributed by atoms with E-state index in [-0.39, 0.29) is 42.6 Å². The van der Waals surface area contributed by atoms with Gasteiger partial charge >= 0.3 is 35.6 Å². The first-order valence-corrected chi connectivity index (χ1v) is 6.60. The second-order valence-corrected chi connectivity index (χ2v) is 5.06. The van der Waals surface area contributed by atoms with Crippen molar-refractivity contribution in [2.75, 3.05) is 13.1 Å². The van der Waals surface area contributed by atoms with E-state index in [9.17, 15) is 17.8 Å². The zero-order valence-corrected chi connectivity index (χ0v) is 13.2. The summed E-state index contributed by atoms with van der Waals surface area (Å²) in [5.41, 5.74) is 0.677. The average molecular weight is 309 g/mol. The van der Waals surface area contributed by atoms with Crippen LogP contribution in [0.2, 0.25) is 0 Å². The van der Waals surface area contributed by atoms with Gasteiger partial charge in [0.05, 0.1) is 18.8 Å². The van der Waals surface area contributed by atoms with Crippen molar-refractivity contribution in [1.82, 2.24) is 14.9 Å². The van der Waals surface area contributed by atoms with Crippen molar-refractivity contribution in [3.8, 4) is 0 Å². The molecule has 3 heterocycles. The number of carbonyl (C=O) groups is 1. The Kier molecular flexibility index (Phi) is 4.23. The van der Waals surface area contributed by atoms with Crippen LogP contribution in [-0.2, 0) is 14.7 Å². The molecule has 0 aliphatic carbocycles.